The van der Waals surface area contributed by atoms with Crippen molar-refractivity contribution in [2.24, 2.45) is 5.92 Å². The van der Waals surface area contributed by atoms with Crippen LogP contribution in [0.25, 0.3) is 0 Å². The number of aliphatic hydroxyl groups is 1. The van der Waals surface area contributed by atoms with E-state index < -0.39 is 0 Å². The SMILES string of the molecule is OCCCOCC1CC1c1cncc(OCC2CCN2)c1. The maximum Gasteiger partial charge on any atom is 0.137 e. The van der Waals surface area contributed by atoms with Gasteiger partial charge in [-0.3, -0.25) is 4.98 Å². The van der Waals surface area contributed by atoms with E-state index in [1.165, 1.54) is 12.0 Å². The van der Waals surface area contributed by atoms with Gasteiger partial charge in [0.15, 0.2) is 0 Å². The molecular weight excluding hydrogens is 268 g/mol. The van der Waals surface area contributed by atoms with E-state index in [-0.39, 0.29) is 6.61 Å². The zero-order chi connectivity index (χ0) is 14.5. The van der Waals surface area contributed by atoms with Crippen molar-refractivity contribution >= 4 is 0 Å². The van der Waals surface area contributed by atoms with Crippen molar-refractivity contribution in [2.45, 2.75) is 31.2 Å². The van der Waals surface area contributed by atoms with Crippen LogP contribution in [-0.4, -0.2) is 49.1 Å². The molecule has 3 atom stereocenters. The standard InChI is InChI=1S/C16H24N2O3/c19-4-1-5-20-10-13-7-16(13)12-6-15(9-17-8-12)21-11-14-2-3-18-14/h6,8-9,13-14,16,18-19H,1-5,7,10-11H2. The lowest BCUT2D eigenvalue weighted by atomic mass is 10.1. The van der Waals surface area contributed by atoms with E-state index in [4.69, 9.17) is 14.6 Å². The second-order valence-corrected chi connectivity index (χ2v) is 5.96. The van der Waals surface area contributed by atoms with Gasteiger partial charge >= 0.3 is 0 Å². The number of aliphatic hydroxyl groups excluding tert-OH is 1. The first-order chi connectivity index (χ1) is 10.4. The molecule has 5 heteroatoms. The van der Waals surface area contributed by atoms with Crippen LogP contribution in [0.2, 0.25) is 0 Å². The Kier molecular flexibility index (Phi) is 5.06. The van der Waals surface area contributed by atoms with Crippen molar-refractivity contribution in [3.63, 3.8) is 0 Å². The van der Waals surface area contributed by atoms with Crippen molar-refractivity contribution < 1.29 is 14.6 Å². The average Bonchev–Trinajstić information content (AvgIpc) is 3.22. The monoisotopic (exact) mass is 292 g/mol. The number of pyridine rings is 1. The van der Waals surface area contributed by atoms with Gasteiger partial charge in [-0.2, -0.15) is 0 Å². The summed E-state index contributed by atoms with van der Waals surface area (Å²) in [6, 6.07) is 2.62. The van der Waals surface area contributed by atoms with Gasteiger partial charge in [0.25, 0.3) is 0 Å². The van der Waals surface area contributed by atoms with E-state index >= 15 is 0 Å². The van der Waals surface area contributed by atoms with E-state index in [1.54, 1.807) is 6.20 Å². The highest BCUT2D eigenvalue weighted by atomic mass is 16.5. The largest absolute Gasteiger partial charge is 0.490 e. The Bertz CT molecular complexity index is 451. The van der Waals surface area contributed by atoms with Crippen molar-refractivity contribution in [1.29, 1.82) is 0 Å². The van der Waals surface area contributed by atoms with Crippen molar-refractivity contribution in [3.05, 3.63) is 24.0 Å². The normalized spacial score (nSPS) is 27.2. The number of nitrogens with zero attached hydrogens (tertiary/aromatic N) is 1. The molecule has 1 aromatic rings. The molecule has 1 aliphatic carbocycles. The lowest BCUT2D eigenvalue weighted by Gasteiger charge is -2.27. The highest BCUT2D eigenvalue weighted by molar-refractivity contribution is 5.30. The minimum atomic E-state index is 0.202. The summed E-state index contributed by atoms with van der Waals surface area (Å²) in [4.78, 5) is 4.29. The van der Waals surface area contributed by atoms with Crippen molar-refractivity contribution in [3.8, 4) is 5.75 Å². The van der Waals surface area contributed by atoms with Gasteiger partial charge in [-0.05, 0) is 49.3 Å². The molecule has 0 radical (unpaired) electrons. The van der Waals surface area contributed by atoms with Gasteiger partial charge in [-0.25, -0.2) is 0 Å². The zero-order valence-electron chi connectivity index (χ0n) is 12.3. The summed E-state index contributed by atoms with van der Waals surface area (Å²) in [7, 11) is 0. The predicted octanol–water partition coefficient (Wildman–Crippen LogP) is 1.32. The summed E-state index contributed by atoms with van der Waals surface area (Å²) >= 11 is 0. The van der Waals surface area contributed by atoms with E-state index in [9.17, 15) is 0 Å². The van der Waals surface area contributed by atoms with Gasteiger partial charge < -0.3 is 19.9 Å². The number of ether oxygens (including phenoxy) is 2. The Labute approximate surface area is 125 Å². The minimum Gasteiger partial charge on any atom is -0.490 e. The molecule has 21 heavy (non-hydrogen) atoms. The fourth-order valence-corrected chi connectivity index (χ4v) is 2.65. The number of rotatable bonds is 9. The Balaban J connectivity index is 1.43. The summed E-state index contributed by atoms with van der Waals surface area (Å²) < 4.78 is 11.4. The van der Waals surface area contributed by atoms with Gasteiger partial charge in [0.05, 0.1) is 6.20 Å². The third kappa shape index (κ3) is 4.15. The van der Waals surface area contributed by atoms with E-state index in [0.29, 0.717) is 24.5 Å². The number of hydrogen-bond donors (Lipinski definition) is 2. The van der Waals surface area contributed by atoms with Crippen LogP contribution in [0.15, 0.2) is 18.5 Å². The number of aromatic nitrogens is 1. The Morgan fingerprint density at radius 1 is 1.33 bits per heavy atom. The molecule has 3 rings (SSSR count). The molecule has 0 aromatic carbocycles. The van der Waals surface area contributed by atoms with Gasteiger partial charge in [-0.15, -0.1) is 0 Å². The molecule has 2 N–H and O–H groups in total. The first-order valence-electron chi connectivity index (χ1n) is 7.86. The molecule has 2 aliphatic rings. The third-order valence-corrected chi connectivity index (χ3v) is 4.24. The van der Waals surface area contributed by atoms with Crippen LogP contribution >= 0.6 is 0 Å². The van der Waals surface area contributed by atoms with E-state index in [2.05, 4.69) is 16.4 Å². The first-order valence-corrected chi connectivity index (χ1v) is 7.86. The molecule has 0 bridgehead atoms. The predicted molar refractivity (Wildman–Crippen MR) is 79.5 cm³/mol. The van der Waals surface area contributed by atoms with Crippen LogP contribution in [0.1, 0.15) is 30.7 Å². The first kappa shape index (κ1) is 14.8. The van der Waals surface area contributed by atoms with Crippen LogP contribution < -0.4 is 10.1 Å². The molecule has 1 aromatic heterocycles. The van der Waals surface area contributed by atoms with Crippen molar-refractivity contribution in [2.75, 3.05) is 33.0 Å². The molecular formula is C16H24N2O3. The van der Waals surface area contributed by atoms with Crippen molar-refractivity contribution in [1.82, 2.24) is 10.3 Å². The summed E-state index contributed by atoms with van der Waals surface area (Å²) in [5.41, 5.74) is 1.25. The molecule has 1 aliphatic heterocycles. The molecule has 0 amide bonds. The highest BCUT2D eigenvalue weighted by Gasteiger charge is 2.38. The molecule has 5 nitrogen and oxygen atoms in total. The van der Waals surface area contributed by atoms with E-state index in [1.807, 2.05) is 6.20 Å². The maximum atomic E-state index is 8.71. The molecule has 1 saturated carbocycles. The highest BCUT2D eigenvalue weighted by Crippen LogP contribution is 2.47. The topological polar surface area (TPSA) is 63.6 Å². The lowest BCUT2D eigenvalue weighted by molar-refractivity contribution is 0.107. The Hall–Kier alpha value is -1.17. The van der Waals surface area contributed by atoms with Crippen LogP contribution in [0, 0.1) is 5.92 Å². The quantitative estimate of drug-likeness (QED) is 0.672. The van der Waals surface area contributed by atoms with Crippen LogP contribution in [0.3, 0.4) is 0 Å². The Morgan fingerprint density at radius 2 is 2.24 bits per heavy atom. The summed E-state index contributed by atoms with van der Waals surface area (Å²) in [6.07, 6.45) is 6.80. The van der Waals surface area contributed by atoms with Crippen LogP contribution in [0.4, 0.5) is 0 Å². The molecule has 1 saturated heterocycles. The smallest absolute Gasteiger partial charge is 0.137 e. The van der Waals surface area contributed by atoms with E-state index in [0.717, 1.165) is 38.3 Å². The zero-order valence-corrected chi connectivity index (χ0v) is 12.3. The van der Waals surface area contributed by atoms with Crippen LogP contribution in [-0.2, 0) is 4.74 Å². The van der Waals surface area contributed by atoms with Gasteiger partial charge in [0.2, 0.25) is 0 Å². The van der Waals surface area contributed by atoms with Gasteiger partial charge in [0, 0.05) is 32.1 Å². The van der Waals surface area contributed by atoms with Gasteiger partial charge in [0.1, 0.15) is 12.4 Å². The van der Waals surface area contributed by atoms with Gasteiger partial charge in [-0.1, -0.05) is 0 Å². The van der Waals surface area contributed by atoms with Crippen LogP contribution in [0.5, 0.6) is 5.75 Å². The summed E-state index contributed by atoms with van der Waals surface area (Å²) in [5, 5.41) is 12.0. The second-order valence-electron chi connectivity index (χ2n) is 5.96. The maximum absolute atomic E-state index is 8.71. The second kappa shape index (κ2) is 7.20. The summed E-state index contributed by atoms with van der Waals surface area (Å²) in [6.45, 7) is 3.46. The summed E-state index contributed by atoms with van der Waals surface area (Å²) in [5.74, 6) is 2.01. The third-order valence-electron chi connectivity index (χ3n) is 4.24. The molecule has 2 fully saturated rings. The lowest BCUT2D eigenvalue weighted by Crippen LogP contribution is -2.46. The molecule has 0 spiro atoms. The molecule has 2 heterocycles. The average molecular weight is 292 g/mol. The number of hydrogen-bond acceptors (Lipinski definition) is 5. The fraction of sp³-hybridized carbons (Fsp3) is 0.688. The Morgan fingerprint density at radius 3 is 3.00 bits per heavy atom. The number of nitrogens with one attached hydrogen (secondary N) is 1. The fourth-order valence-electron chi connectivity index (χ4n) is 2.65. The molecule has 116 valence electrons. The molecule has 3 unspecified atom stereocenters. The minimum absolute atomic E-state index is 0.202.